The van der Waals surface area contributed by atoms with Crippen LogP contribution in [0.2, 0.25) is 0 Å². The summed E-state index contributed by atoms with van der Waals surface area (Å²) in [5, 5.41) is 3.80. The van der Waals surface area contributed by atoms with Gasteiger partial charge in [0.05, 0.1) is 0 Å². The predicted octanol–water partition coefficient (Wildman–Crippen LogP) is 4.39. The van der Waals surface area contributed by atoms with E-state index >= 15 is 0 Å². The average molecular weight is 255 g/mol. The minimum Gasteiger partial charge on any atom is -0.310 e. The molecule has 96 valence electrons. The standard InChI is InChI=1S/C14H22FNS/c1-5-10(3)17-13-9-7-8-12(15)14(13)11(4)16-6-2/h7-11,16H,5-6H2,1-4H3. The lowest BCUT2D eigenvalue weighted by atomic mass is 10.1. The van der Waals surface area contributed by atoms with Crippen molar-refractivity contribution in [2.45, 2.75) is 50.3 Å². The molecule has 0 aliphatic rings. The minimum absolute atomic E-state index is 0.0627. The van der Waals surface area contributed by atoms with Crippen LogP contribution in [0.25, 0.3) is 0 Å². The molecule has 0 amide bonds. The Kier molecular flexibility index (Phi) is 6.00. The number of thioether (sulfide) groups is 1. The van der Waals surface area contributed by atoms with Gasteiger partial charge in [-0.05, 0) is 32.0 Å². The summed E-state index contributed by atoms with van der Waals surface area (Å²) in [6.07, 6.45) is 1.09. The lowest BCUT2D eigenvalue weighted by molar-refractivity contribution is 0.531. The number of benzene rings is 1. The van der Waals surface area contributed by atoms with Gasteiger partial charge >= 0.3 is 0 Å². The number of hydrogen-bond acceptors (Lipinski definition) is 2. The maximum Gasteiger partial charge on any atom is 0.129 e. The summed E-state index contributed by atoms with van der Waals surface area (Å²) in [7, 11) is 0. The van der Waals surface area contributed by atoms with Gasteiger partial charge < -0.3 is 5.32 Å². The summed E-state index contributed by atoms with van der Waals surface area (Å²) in [5.41, 5.74) is 0.805. The maximum absolute atomic E-state index is 13.9. The Labute approximate surface area is 108 Å². The summed E-state index contributed by atoms with van der Waals surface area (Å²) in [4.78, 5) is 1.06. The molecular weight excluding hydrogens is 233 g/mol. The van der Waals surface area contributed by atoms with Crippen molar-refractivity contribution in [1.82, 2.24) is 5.32 Å². The molecule has 1 aromatic carbocycles. The molecule has 1 nitrogen and oxygen atoms in total. The third-order valence-corrected chi connectivity index (χ3v) is 4.20. The van der Waals surface area contributed by atoms with Crippen LogP contribution >= 0.6 is 11.8 Å². The van der Waals surface area contributed by atoms with Crippen molar-refractivity contribution in [2.75, 3.05) is 6.54 Å². The van der Waals surface area contributed by atoms with E-state index < -0.39 is 0 Å². The summed E-state index contributed by atoms with van der Waals surface area (Å²) >= 11 is 1.76. The molecule has 0 radical (unpaired) electrons. The molecule has 2 atom stereocenters. The van der Waals surface area contributed by atoms with Crippen molar-refractivity contribution < 1.29 is 4.39 Å². The van der Waals surface area contributed by atoms with Crippen molar-refractivity contribution >= 4 is 11.8 Å². The van der Waals surface area contributed by atoms with Crippen molar-refractivity contribution in [3.05, 3.63) is 29.6 Å². The normalized spacial score (nSPS) is 14.6. The van der Waals surface area contributed by atoms with E-state index in [0.29, 0.717) is 5.25 Å². The van der Waals surface area contributed by atoms with E-state index in [1.165, 1.54) is 0 Å². The molecule has 0 saturated carbocycles. The highest BCUT2D eigenvalue weighted by atomic mass is 32.2. The fourth-order valence-electron chi connectivity index (χ4n) is 1.75. The van der Waals surface area contributed by atoms with Crippen molar-refractivity contribution in [3.63, 3.8) is 0 Å². The summed E-state index contributed by atoms with van der Waals surface area (Å²) in [5.74, 6) is -0.105. The zero-order chi connectivity index (χ0) is 12.8. The third kappa shape index (κ3) is 4.00. The molecule has 1 rings (SSSR count). The molecule has 0 fully saturated rings. The summed E-state index contributed by atoms with van der Waals surface area (Å²) < 4.78 is 13.9. The maximum atomic E-state index is 13.9. The Balaban J connectivity index is 2.99. The Hall–Kier alpha value is -0.540. The quantitative estimate of drug-likeness (QED) is 0.757. The van der Waals surface area contributed by atoms with Gasteiger partial charge in [0.25, 0.3) is 0 Å². The largest absolute Gasteiger partial charge is 0.310 e. The van der Waals surface area contributed by atoms with Gasteiger partial charge in [-0.3, -0.25) is 0 Å². The highest BCUT2D eigenvalue weighted by Gasteiger charge is 2.16. The third-order valence-electron chi connectivity index (χ3n) is 2.86. The molecule has 1 aromatic rings. The number of halogens is 1. The first-order valence-electron chi connectivity index (χ1n) is 6.28. The first-order valence-corrected chi connectivity index (χ1v) is 7.16. The molecule has 17 heavy (non-hydrogen) atoms. The van der Waals surface area contributed by atoms with E-state index in [1.54, 1.807) is 23.9 Å². The Morgan fingerprint density at radius 3 is 2.59 bits per heavy atom. The van der Waals surface area contributed by atoms with Gasteiger partial charge in [-0.2, -0.15) is 0 Å². The van der Waals surface area contributed by atoms with Crippen LogP contribution in [0.15, 0.2) is 23.1 Å². The molecule has 0 heterocycles. The first kappa shape index (κ1) is 14.5. The number of rotatable bonds is 6. The molecule has 0 saturated heterocycles. The first-order chi connectivity index (χ1) is 8.10. The second kappa shape index (κ2) is 7.02. The molecule has 3 heteroatoms. The molecule has 0 aliphatic carbocycles. The van der Waals surface area contributed by atoms with Crippen LogP contribution in [0.1, 0.15) is 45.7 Å². The van der Waals surface area contributed by atoms with Gasteiger partial charge in [0.15, 0.2) is 0 Å². The molecule has 0 spiro atoms. The Morgan fingerprint density at radius 1 is 1.29 bits per heavy atom. The average Bonchev–Trinajstić information content (AvgIpc) is 2.29. The van der Waals surface area contributed by atoms with Crippen LogP contribution in [-0.4, -0.2) is 11.8 Å². The highest BCUT2D eigenvalue weighted by molar-refractivity contribution is 8.00. The van der Waals surface area contributed by atoms with Gasteiger partial charge in [0.2, 0.25) is 0 Å². The number of hydrogen-bond donors (Lipinski definition) is 1. The van der Waals surface area contributed by atoms with Crippen molar-refractivity contribution in [1.29, 1.82) is 0 Å². The second-order valence-corrected chi connectivity index (χ2v) is 5.75. The van der Waals surface area contributed by atoms with E-state index in [9.17, 15) is 4.39 Å². The monoisotopic (exact) mass is 255 g/mol. The topological polar surface area (TPSA) is 12.0 Å². The smallest absolute Gasteiger partial charge is 0.129 e. The second-order valence-electron chi connectivity index (χ2n) is 4.27. The van der Waals surface area contributed by atoms with Crippen LogP contribution in [0.4, 0.5) is 4.39 Å². The van der Waals surface area contributed by atoms with E-state index in [0.717, 1.165) is 23.4 Å². The Morgan fingerprint density at radius 2 is 2.00 bits per heavy atom. The SMILES string of the molecule is CCNC(C)c1c(F)cccc1SC(C)CC. The highest BCUT2D eigenvalue weighted by Crippen LogP contribution is 2.33. The van der Waals surface area contributed by atoms with Crippen LogP contribution in [0, 0.1) is 5.82 Å². The van der Waals surface area contributed by atoms with Crippen LogP contribution in [0.5, 0.6) is 0 Å². The molecular formula is C14H22FNS. The van der Waals surface area contributed by atoms with E-state index in [-0.39, 0.29) is 11.9 Å². The summed E-state index contributed by atoms with van der Waals surface area (Å²) in [6.45, 7) is 9.24. The van der Waals surface area contributed by atoms with Gasteiger partial charge in [0, 0.05) is 21.8 Å². The van der Waals surface area contributed by atoms with Gasteiger partial charge in [-0.15, -0.1) is 11.8 Å². The zero-order valence-corrected chi connectivity index (χ0v) is 11.9. The predicted molar refractivity (Wildman–Crippen MR) is 74.1 cm³/mol. The molecule has 0 aromatic heterocycles. The minimum atomic E-state index is -0.105. The van der Waals surface area contributed by atoms with Crippen LogP contribution < -0.4 is 5.32 Å². The molecule has 1 N–H and O–H groups in total. The molecule has 0 bridgehead atoms. The van der Waals surface area contributed by atoms with E-state index in [2.05, 4.69) is 19.2 Å². The summed E-state index contributed by atoms with van der Waals surface area (Å²) in [6, 6.07) is 5.42. The molecule has 2 unspecified atom stereocenters. The van der Waals surface area contributed by atoms with Gasteiger partial charge in [-0.1, -0.05) is 26.8 Å². The Bertz CT molecular complexity index is 354. The lowest BCUT2D eigenvalue weighted by Crippen LogP contribution is -2.19. The van der Waals surface area contributed by atoms with Crippen molar-refractivity contribution in [2.24, 2.45) is 0 Å². The van der Waals surface area contributed by atoms with Gasteiger partial charge in [0.1, 0.15) is 5.82 Å². The zero-order valence-electron chi connectivity index (χ0n) is 11.1. The fraction of sp³-hybridized carbons (Fsp3) is 0.571. The fourth-order valence-corrected chi connectivity index (χ4v) is 2.91. The van der Waals surface area contributed by atoms with E-state index in [4.69, 9.17) is 0 Å². The van der Waals surface area contributed by atoms with Crippen molar-refractivity contribution in [3.8, 4) is 0 Å². The van der Waals surface area contributed by atoms with Crippen LogP contribution in [-0.2, 0) is 0 Å². The van der Waals surface area contributed by atoms with Crippen LogP contribution in [0.3, 0.4) is 0 Å². The van der Waals surface area contributed by atoms with Gasteiger partial charge in [-0.25, -0.2) is 4.39 Å². The number of nitrogens with one attached hydrogen (secondary N) is 1. The lowest BCUT2D eigenvalue weighted by Gasteiger charge is -2.19. The van der Waals surface area contributed by atoms with E-state index in [1.807, 2.05) is 19.9 Å². The molecule has 0 aliphatic heterocycles.